The molecule has 0 aliphatic carbocycles. The Morgan fingerprint density at radius 1 is 1.14 bits per heavy atom. The number of carbonyl (C=O) groups excluding carboxylic acids is 2. The molecule has 0 spiro atoms. The molecular formula is C17H27N3O2. The highest BCUT2D eigenvalue weighted by atomic mass is 16.2. The summed E-state index contributed by atoms with van der Waals surface area (Å²) >= 11 is 0. The first-order valence-electron chi connectivity index (χ1n) is 7.83. The molecule has 0 unspecified atom stereocenters. The maximum Gasteiger partial charge on any atom is 0.251 e. The highest BCUT2D eigenvalue weighted by Crippen LogP contribution is 2.06. The van der Waals surface area contributed by atoms with Crippen LogP contribution in [0, 0.1) is 0 Å². The number of carbonyl (C=O) groups is 2. The monoisotopic (exact) mass is 305 g/mol. The van der Waals surface area contributed by atoms with E-state index < -0.39 is 0 Å². The van der Waals surface area contributed by atoms with E-state index in [4.69, 9.17) is 0 Å². The summed E-state index contributed by atoms with van der Waals surface area (Å²) in [5, 5.41) is 5.53. The lowest BCUT2D eigenvalue weighted by Gasteiger charge is -2.16. The number of nitrogens with zero attached hydrogens (tertiary/aromatic N) is 1. The smallest absolute Gasteiger partial charge is 0.251 e. The highest BCUT2D eigenvalue weighted by Gasteiger charge is 2.07. The lowest BCUT2D eigenvalue weighted by Crippen LogP contribution is -2.35. The molecule has 0 saturated carbocycles. The fraction of sp³-hybridized carbons (Fsp3) is 0.529. The third kappa shape index (κ3) is 6.72. The van der Waals surface area contributed by atoms with Gasteiger partial charge in [0.25, 0.3) is 5.91 Å². The van der Waals surface area contributed by atoms with Crippen LogP contribution in [0.25, 0.3) is 0 Å². The lowest BCUT2D eigenvalue weighted by atomic mass is 10.1. The third-order valence-corrected chi connectivity index (χ3v) is 3.41. The Morgan fingerprint density at radius 2 is 1.82 bits per heavy atom. The van der Waals surface area contributed by atoms with Crippen LogP contribution in [0.5, 0.6) is 0 Å². The minimum absolute atomic E-state index is 0.0561. The number of unbranched alkanes of at least 4 members (excludes halogenated alkanes) is 2. The molecule has 2 N–H and O–H groups in total. The van der Waals surface area contributed by atoms with E-state index in [2.05, 4.69) is 17.6 Å². The Kier molecular flexibility index (Phi) is 8.22. The van der Waals surface area contributed by atoms with Gasteiger partial charge in [0.05, 0.1) is 6.54 Å². The summed E-state index contributed by atoms with van der Waals surface area (Å²) in [5.41, 5.74) is 1.72. The normalized spacial score (nSPS) is 10.5. The van der Waals surface area contributed by atoms with Gasteiger partial charge in [-0.05, 0) is 31.2 Å². The van der Waals surface area contributed by atoms with Crippen LogP contribution in [0.3, 0.4) is 0 Å². The van der Waals surface area contributed by atoms with Crippen molar-refractivity contribution in [1.29, 1.82) is 0 Å². The molecule has 5 nitrogen and oxygen atoms in total. The van der Waals surface area contributed by atoms with Gasteiger partial charge in [0.1, 0.15) is 0 Å². The molecule has 0 aromatic heterocycles. The fourth-order valence-electron chi connectivity index (χ4n) is 2.18. The SMILES string of the molecule is CCCCCNC(=O)CN(C)Cc1ccc(C(=O)NC)cc1. The molecule has 0 radical (unpaired) electrons. The van der Waals surface area contributed by atoms with E-state index in [0.717, 1.165) is 31.4 Å². The summed E-state index contributed by atoms with van der Waals surface area (Å²) in [6.07, 6.45) is 3.34. The van der Waals surface area contributed by atoms with Gasteiger partial charge in [0, 0.05) is 25.7 Å². The molecule has 1 aromatic rings. The summed E-state index contributed by atoms with van der Waals surface area (Å²) in [7, 11) is 3.53. The molecule has 1 aromatic carbocycles. The Labute approximate surface area is 133 Å². The Bertz CT molecular complexity index is 471. The number of amides is 2. The van der Waals surface area contributed by atoms with E-state index in [1.807, 2.05) is 24.1 Å². The van der Waals surface area contributed by atoms with E-state index >= 15 is 0 Å². The molecule has 0 bridgehead atoms. The zero-order valence-electron chi connectivity index (χ0n) is 13.8. The quantitative estimate of drug-likeness (QED) is 0.684. The van der Waals surface area contributed by atoms with Crippen molar-refractivity contribution < 1.29 is 9.59 Å². The highest BCUT2D eigenvalue weighted by molar-refractivity contribution is 5.93. The van der Waals surface area contributed by atoms with Crippen LogP contribution in [0.2, 0.25) is 0 Å². The first-order chi connectivity index (χ1) is 10.6. The molecule has 2 amide bonds. The van der Waals surface area contributed by atoms with E-state index in [0.29, 0.717) is 18.7 Å². The molecule has 1 rings (SSSR count). The van der Waals surface area contributed by atoms with Gasteiger partial charge in [-0.2, -0.15) is 0 Å². The molecule has 0 aliphatic heterocycles. The van der Waals surface area contributed by atoms with Crippen LogP contribution in [0.4, 0.5) is 0 Å². The maximum atomic E-state index is 11.8. The van der Waals surface area contributed by atoms with Crippen LogP contribution >= 0.6 is 0 Å². The molecule has 0 heterocycles. The second kappa shape index (κ2) is 9.95. The van der Waals surface area contributed by atoms with Crippen LogP contribution in [0.15, 0.2) is 24.3 Å². The van der Waals surface area contributed by atoms with Crippen molar-refractivity contribution in [2.75, 3.05) is 27.2 Å². The molecule has 0 saturated heterocycles. The van der Waals surface area contributed by atoms with Crippen LogP contribution in [-0.4, -0.2) is 43.9 Å². The van der Waals surface area contributed by atoms with E-state index in [1.54, 1.807) is 19.2 Å². The first-order valence-corrected chi connectivity index (χ1v) is 7.83. The number of benzene rings is 1. The number of likely N-dealkylation sites (N-methyl/N-ethyl adjacent to an activating group) is 1. The van der Waals surface area contributed by atoms with Gasteiger partial charge in [-0.15, -0.1) is 0 Å². The lowest BCUT2D eigenvalue weighted by molar-refractivity contribution is -0.122. The predicted molar refractivity (Wildman–Crippen MR) is 88.7 cm³/mol. The average Bonchev–Trinajstić information content (AvgIpc) is 2.51. The van der Waals surface area contributed by atoms with Gasteiger partial charge in [-0.3, -0.25) is 14.5 Å². The molecule has 122 valence electrons. The Balaban J connectivity index is 2.36. The largest absolute Gasteiger partial charge is 0.355 e. The van der Waals surface area contributed by atoms with Crippen molar-refractivity contribution in [2.24, 2.45) is 0 Å². The van der Waals surface area contributed by atoms with Gasteiger partial charge < -0.3 is 10.6 Å². The number of rotatable bonds is 9. The standard InChI is InChI=1S/C17H27N3O2/c1-4-5-6-11-19-16(21)13-20(3)12-14-7-9-15(10-8-14)17(22)18-2/h7-10H,4-6,11-13H2,1-3H3,(H,18,22)(H,19,21). The minimum Gasteiger partial charge on any atom is -0.355 e. The summed E-state index contributed by atoms with van der Waals surface area (Å²) in [6.45, 7) is 3.95. The zero-order chi connectivity index (χ0) is 16.4. The second-order valence-electron chi connectivity index (χ2n) is 5.51. The Hall–Kier alpha value is -1.88. The summed E-state index contributed by atoms with van der Waals surface area (Å²) in [5.74, 6) is -0.0352. The van der Waals surface area contributed by atoms with Crippen LogP contribution in [0.1, 0.15) is 42.1 Å². The molecule has 5 heteroatoms. The van der Waals surface area contributed by atoms with Gasteiger partial charge in [0.2, 0.25) is 5.91 Å². The Morgan fingerprint density at radius 3 is 2.41 bits per heavy atom. The van der Waals surface area contributed by atoms with E-state index in [1.165, 1.54) is 0 Å². The van der Waals surface area contributed by atoms with Crippen LogP contribution in [-0.2, 0) is 11.3 Å². The molecular weight excluding hydrogens is 278 g/mol. The van der Waals surface area contributed by atoms with Gasteiger partial charge >= 0.3 is 0 Å². The zero-order valence-corrected chi connectivity index (χ0v) is 13.8. The third-order valence-electron chi connectivity index (χ3n) is 3.41. The molecule has 0 fully saturated rings. The number of nitrogens with one attached hydrogen (secondary N) is 2. The average molecular weight is 305 g/mol. The summed E-state index contributed by atoms with van der Waals surface area (Å²) in [6, 6.07) is 7.43. The van der Waals surface area contributed by atoms with Crippen molar-refractivity contribution in [1.82, 2.24) is 15.5 Å². The molecule has 22 heavy (non-hydrogen) atoms. The minimum atomic E-state index is -0.0913. The van der Waals surface area contributed by atoms with E-state index in [9.17, 15) is 9.59 Å². The second-order valence-corrected chi connectivity index (χ2v) is 5.51. The molecule has 0 aliphatic rings. The predicted octanol–water partition coefficient (Wildman–Crippen LogP) is 1.78. The fourth-order valence-corrected chi connectivity index (χ4v) is 2.18. The van der Waals surface area contributed by atoms with Gasteiger partial charge in [0.15, 0.2) is 0 Å². The van der Waals surface area contributed by atoms with Crippen LogP contribution < -0.4 is 10.6 Å². The number of hydrogen-bond donors (Lipinski definition) is 2. The van der Waals surface area contributed by atoms with Crippen molar-refractivity contribution in [2.45, 2.75) is 32.7 Å². The van der Waals surface area contributed by atoms with E-state index in [-0.39, 0.29) is 11.8 Å². The van der Waals surface area contributed by atoms with Crippen molar-refractivity contribution in [3.8, 4) is 0 Å². The molecule has 0 atom stereocenters. The van der Waals surface area contributed by atoms with Crippen molar-refractivity contribution in [3.63, 3.8) is 0 Å². The topological polar surface area (TPSA) is 61.4 Å². The van der Waals surface area contributed by atoms with Crippen molar-refractivity contribution in [3.05, 3.63) is 35.4 Å². The number of hydrogen-bond acceptors (Lipinski definition) is 3. The first kappa shape index (κ1) is 18.2. The van der Waals surface area contributed by atoms with Gasteiger partial charge in [-0.25, -0.2) is 0 Å². The van der Waals surface area contributed by atoms with Crippen molar-refractivity contribution >= 4 is 11.8 Å². The summed E-state index contributed by atoms with van der Waals surface area (Å²) < 4.78 is 0. The summed E-state index contributed by atoms with van der Waals surface area (Å²) in [4.78, 5) is 25.2. The van der Waals surface area contributed by atoms with Gasteiger partial charge in [-0.1, -0.05) is 31.9 Å². The maximum absolute atomic E-state index is 11.8.